The highest BCUT2D eigenvalue weighted by Gasteiger charge is 2.29. The molecular formula is C19H22FN3O2. The van der Waals surface area contributed by atoms with Crippen LogP contribution in [0.2, 0.25) is 0 Å². The van der Waals surface area contributed by atoms with Crippen molar-refractivity contribution >= 4 is 5.91 Å². The number of amides is 1. The van der Waals surface area contributed by atoms with Crippen LogP contribution < -0.4 is 10.1 Å². The summed E-state index contributed by atoms with van der Waals surface area (Å²) in [4.78, 5) is 19.0. The first-order chi connectivity index (χ1) is 12.3. The lowest BCUT2D eigenvalue weighted by molar-refractivity contribution is -0.126. The maximum atomic E-state index is 13.5. The van der Waals surface area contributed by atoms with Crippen molar-refractivity contribution in [1.29, 1.82) is 0 Å². The Balaban J connectivity index is 1.56. The van der Waals surface area contributed by atoms with Crippen LogP contribution in [0.4, 0.5) is 4.39 Å². The summed E-state index contributed by atoms with van der Waals surface area (Å²) in [6, 6.07) is 9.66. The van der Waals surface area contributed by atoms with Gasteiger partial charge in [0.2, 0.25) is 5.91 Å². The molecule has 2 aromatic rings. The second kappa shape index (κ2) is 8.58. The van der Waals surface area contributed by atoms with E-state index in [2.05, 4.69) is 15.2 Å². The number of nitrogens with one attached hydrogen (secondary N) is 1. The minimum absolute atomic E-state index is 0.0768. The van der Waals surface area contributed by atoms with Crippen LogP contribution in [0.3, 0.4) is 0 Å². The lowest BCUT2D eigenvalue weighted by atomic mass is 10.1. The Kier molecular flexibility index (Phi) is 5.95. The van der Waals surface area contributed by atoms with E-state index in [-0.39, 0.29) is 24.3 Å². The third kappa shape index (κ3) is 4.54. The van der Waals surface area contributed by atoms with Crippen molar-refractivity contribution in [2.24, 2.45) is 0 Å². The van der Waals surface area contributed by atoms with Gasteiger partial charge in [-0.25, -0.2) is 4.39 Å². The number of carbonyl (C=O) groups excluding carboxylic acids is 1. The maximum Gasteiger partial charge on any atom is 0.242 e. The molecule has 1 aliphatic rings. The number of ether oxygens (including phenoxy) is 1. The monoisotopic (exact) mass is 343 g/mol. The van der Waals surface area contributed by atoms with Crippen molar-refractivity contribution in [3.05, 3.63) is 60.2 Å². The van der Waals surface area contributed by atoms with E-state index in [0.717, 1.165) is 31.5 Å². The zero-order valence-corrected chi connectivity index (χ0v) is 14.0. The lowest BCUT2D eigenvalue weighted by Crippen LogP contribution is -2.40. The fraction of sp³-hybridized carbons (Fsp3) is 0.368. The number of likely N-dealkylation sites (tertiary alicyclic amines) is 1. The quantitative estimate of drug-likeness (QED) is 0.785. The Bertz CT molecular complexity index is 690. The molecule has 6 heteroatoms. The Morgan fingerprint density at radius 3 is 2.76 bits per heavy atom. The molecule has 1 aromatic heterocycles. The summed E-state index contributed by atoms with van der Waals surface area (Å²) >= 11 is 0. The Morgan fingerprint density at radius 2 is 2.04 bits per heavy atom. The van der Waals surface area contributed by atoms with Crippen LogP contribution in [0.5, 0.6) is 5.75 Å². The first-order valence-corrected chi connectivity index (χ1v) is 8.55. The van der Waals surface area contributed by atoms with Gasteiger partial charge in [0.15, 0.2) is 11.6 Å². The van der Waals surface area contributed by atoms with Gasteiger partial charge in [-0.05, 0) is 49.7 Å². The molecule has 132 valence electrons. The number of hydrogen-bond donors (Lipinski definition) is 1. The van der Waals surface area contributed by atoms with Gasteiger partial charge in [0.25, 0.3) is 0 Å². The highest BCUT2D eigenvalue weighted by molar-refractivity contribution is 5.83. The summed E-state index contributed by atoms with van der Waals surface area (Å²) in [7, 11) is 0. The molecule has 0 aliphatic carbocycles. The van der Waals surface area contributed by atoms with E-state index in [0.29, 0.717) is 6.54 Å². The topological polar surface area (TPSA) is 54.5 Å². The molecular weight excluding hydrogens is 321 g/mol. The average Bonchev–Trinajstić information content (AvgIpc) is 3.15. The van der Waals surface area contributed by atoms with Crippen LogP contribution in [0.25, 0.3) is 0 Å². The summed E-state index contributed by atoms with van der Waals surface area (Å²) in [6.45, 7) is 2.33. The molecule has 0 saturated carbocycles. The van der Waals surface area contributed by atoms with E-state index in [1.54, 1.807) is 30.6 Å². The normalized spacial score (nSPS) is 15.7. The average molecular weight is 343 g/mol. The molecule has 0 spiro atoms. The summed E-state index contributed by atoms with van der Waals surface area (Å²) in [5.41, 5.74) is 0.886. The highest BCUT2D eigenvalue weighted by atomic mass is 19.1. The van der Waals surface area contributed by atoms with Crippen molar-refractivity contribution < 1.29 is 13.9 Å². The highest BCUT2D eigenvalue weighted by Crippen LogP contribution is 2.24. The lowest BCUT2D eigenvalue weighted by Gasteiger charge is -2.26. The third-order valence-electron chi connectivity index (χ3n) is 4.25. The first-order valence-electron chi connectivity index (χ1n) is 8.55. The van der Waals surface area contributed by atoms with Gasteiger partial charge in [-0.2, -0.15) is 0 Å². The van der Waals surface area contributed by atoms with Gasteiger partial charge in [0.05, 0.1) is 6.54 Å². The second-order valence-electron chi connectivity index (χ2n) is 6.00. The summed E-state index contributed by atoms with van der Waals surface area (Å²) in [6.07, 6.45) is 5.63. The number of para-hydroxylation sites is 1. The Hall–Kier alpha value is -2.47. The second-order valence-corrected chi connectivity index (χ2v) is 6.00. The van der Waals surface area contributed by atoms with Crippen LogP contribution in [-0.2, 0) is 4.79 Å². The van der Waals surface area contributed by atoms with Crippen LogP contribution in [0.15, 0.2) is 48.8 Å². The Morgan fingerprint density at radius 1 is 1.24 bits per heavy atom. The standard InChI is InChI=1S/C19H22FN3O2/c20-16-7-1-2-8-17(16)25-13-10-22-19(24)18(23-11-3-4-12-23)15-6-5-9-21-14-15/h1-2,5-9,14,18H,3-4,10-13H2,(H,22,24)/t18-/m0/s1. The number of carbonyl (C=O) groups is 1. The maximum absolute atomic E-state index is 13.5. The molecule has 0 radical (unpaired) electrons. The number of pyridine rings is 1. The van der Waals surface area contributed by atoms with E-state index >= 15 is 0 Å². The SMILES string of the molecule is O=C(NCCOc1ccccc1F)[C@H](c1cccnc1)N1CCCC1. The predicted molar refractivity (Wildman–Crippen MR) is 92.7 cm³/mol. The van der Waals surface area contributed by atoms with E-state index in [9.17, 15) is 9.18 Å². The van der Waals surface area contributed by atoms with E-state index in [1.165, 1.54) is 6.07 Å². The number of hydrogen-bond acceptors (Lipinski definition) is 4. The molecule has 3 rings (SSSR count). The number of benzene rings is 1. The summed E-state index contributed by atoms with van der Waals surface area (Å²) < 4.78 is 18.9. The molecule has 1 N–H and O–H groups in total. The molecule has 5 nitrogen and oxygen atoms in total. The minimum atomic E-state index is -0.404. The molecule has 2 heterocycles. The molecule has 1 atom stereocenters. The van der Waals surface area contributed by atoms with Gasteiger partial charge in [0.1, 0.15) is 12.6 Å². The van der Waals surface area contributed by atoms with Crippen LogP contribution in [0, 0.1) is 5.82 Å². The zero-order valence-electron chi connectivity index (χ0n) is 14.0. The van der Waals surface area contributed by atoms with Gasteiger partial charge >= 0.3 is 0 Å². The summed E-state index contributed by atoms with van der Waals surface area (Å²) in [5.74, 6) is -0.286. The molecule has 1 fully saturated rings. The molecule has 25 heavy (non-hydrogen) atoms. The first kappa shape index (κ1) is 17.4. The van der Waals surface area contributed by atoms with Gasteiger partial charge in [-0.1, -0.05) is 18.2 Å². The van der Waals surface area contributed by atoms with Gasteiger partial charge in [0, 0.05) is 12.4 Å². The smallest absolute Gasteiger partial charge is 0.242 e. The van der Waals surface area contributed by atoms with E-state index in [1.807, 2.05) is 12.1 Å². The molecule has 0 bridgehead atoms. The van der Waals surface area contributed by atoms with Crippen LogP contribution in [-0.4, -0.2) is 42.0 Å². The number of halogens is 1. The van der Waals surface area contributed by atoms with Crippen molar-refractivity contribution in [3.8, 4) is 5.75 Å². The fourth-order valence-electron chi connectivity index (χ4n) is 3.06. The Labute approximate surface area is 146 Å². The molecule has 1 amide bonds. The van der Waals surface area contributed by atoms with E-state index < -0.39 is 5.82 Å². The number of rotatable bonds is 7. The molecule has 0 unspecified atom stereocenters. The fourth-order valence-corrected chi connectivity index (χ4v) is 3.06. The van der Waals surface area contributed by atoms with Crippen LogP contribution >= 0.6 is 0 Å². The third-order valence-corrected chi connectivity index (χ3v) is 4.25. The van der Waals surface area contributed by atoms with Crippen molar-refractivity contribution in [3.63, 3.8) is 0 Å². The number of nitrogens with zero attached hydrogens (tertiary/aromatic N) is 2. The van der Waals surface area contributed by atoms with Crippen molar-refractivity contribution in [2.75, 3.05) is 26.2 Å². The van der Waals surface area contributed by atoms with Crippen LogP contribution in [0.1, 0.15) is 24.4 Å². The molecule has 1 aromatic carbocycles. The van der Waals surface area contributed by atoms with Gasteiger partial charge < -0.3 is 10.1 Å². The zero-order chi connectivity index (χ0) is 17.5. The van der Waals surface area contributed by atoms with Gasteiger partial charge in [-0.3, -0.25) is 14.7 Å². The molecule has 1 saturated heterocycles. The summed E-state index contributed by atoms with van der Waals surface area (Å²) in [5, 5.41) is 2.89. The predicted octanol–water partition coefficient (Wildman–Crippen LogP) is 2.55. The van der Waals surface area contributed by atoms with Crippen molar-refractivity contribution in [2.45, 2.75) is 18.9 Å². The van der Waals surface area contributed by atoms with E-state index in [4.69, 9.17) is 4.74 Å². The minimum Gasteiger partial charge on any atom is -0.489 e. The number of aromatic nitrogens is 1. The molecule has 1 aliphatic heterocycles. The largest absolute Gasteiger partial charge is 0.489 e. The van der Waals surface area contributed by atoms with Gasteiger partial charge in [-0.15, -0.1) is 0 Å². The van der Waals surface area contributed by atoms with Crippen molar-refractivity contribution in [1.82, 2.24) is 15.2 Å².